The lowest BCUT2D eigenvalue weighted by atomic mass is 10.1. The summed E-state index contributed by atoms with van der Waals surface area (Å²) in [6, 6.07) is 5.18. The fourth-order valence-corrected chi connectivity index (χ4v) is 2.14. The number of ether oxygens (including phenoxy) is 1. The summed E-state index contributed by atoms with van der Waals surface area (Å²) in [5.41, 5.74) is 1.74. The minimum Gasteiger partial charge on any atom is -0.492 e. The maximum Gasteiger partial charge on any atom is 0.226 e. The minimum absolute atomic E-state index is 0.315. The van der Waals surface area contributed by atoms with Crippen molar-refractivity contribution in [2.24, 2.45) is 0 Å². The number of benzene rings is 1. The molecule has 9 heteroatoms. The van der Waals surface area contributed by atoms with E-state index in [0.29, 0.717) is 33.0 Å². The highest BCUT2D eigenvalue weighted by Crippen LogP contribution is 2.36. The molecule has 106 valence electrons. The Kier molecular flexibility index (Phi) is 3.68. The number of nitrogens with one attached hydrogen (secondary N) is 1. The minimum atomic E-state index is 0.315. The Morgan fingerprint density at radius 2 is 1.90 bits per heavy atom. The van der Waals surface area contributed by atoms with Gasteiger partial charge in [-0.3, -0.25) is 0 Å². The Bertz CT molecular complexity index is 777. The molecular formula is C12H8Cl2N6O. The molecule has 0 saturated heterocycles. The molecular weight excluding hydrogens is 315 g/mol. The zero-order valence-electron chi connectivity index (χ0n) is 10.7. The third-order valence-corrected chi connectivity index (χ3v) is 3.50. The van der Waals surface area contributed by atoms with E-state index in [4.69, 9.17) is 27.9 Å². The molecule has 0 aliphatic heterocycles. The summed E-state index contributed by atoms with van der Waals surface area (Å²) in [4.78, 5) is 8.38. The third kappa shape index (κ3) is 2.53. The van der Waals surface area contributed by atoms with Crippen molar-refractivity contribution in [1.82, 2.24) is 30.6 Å². The van der Waals surface area contributed by atoms with E-state index >= 15 is 0 Å². The monoisotopic (exact) mass is 322 g/mol. The highest BCUT2D eigenvalue weighted by atomic mass is 35.5. The zero-order valence-corrected chi connectivity index (χ0v) is 12.2. The quantitative estimate of drug-likeness (QED) is 0.797. The van der Waals surface area contributed by atoms with Crippen molar-refractivity contribution < 1.29 is 4.74 Å². The van der Waals surface area contributed by atoms with Crippen molar-refractivity contribution in [2.75, 3.05) is 7.11 Å². The average Bonchev–Trinajstić information content (AvgIpc) is 3.03. The number of H-pyrrole nitrogens is 1. The first-order chi connectivity index (χ1) is 10.2. The zero-order chi connectivity index (χ0) is 14.8. The summed E-state index contributed by atoms with van der Waals surface area (Å²) in [5.74, 6) is 0.743. The van der Waals surface area contributed by atoms with Crippen molar-refractivity contribution in [2.45, 2.75) is 0 Å². The standard InChI is InChI=1S/C12H8Cl2N6O/c1-21-11-9(6-2-3-7(13)8(14)4-6)15-5-16-10(11)12-17-19-20-18-12/h2-5H,1H3,(H,17,18,19,20). The van der Waals surface area contributed by atoms with Gasteiger partial charge in [0.05, 0.1) is 17.2 Å². The highest BCUT2D eigenvalue weighted by Gasteiger charge is 2.18. The van der Waals surface area contributed by atoms with Crippen LogP contribution >= 0.6 is 23.2 Å². The predicted molar refractivity (Wildman–Crippen MR) is 77.2 cm³/mol. The van der Waals surface area contributed by atoms with Crippen LogP contribution in [0.3, 0.4) is 0 Å². The lowest BCUT2D eigenvalue weighted by molar-refractivity contribution is 0.414. The first-order valence-electron chi connectivity index (χ1n) is 5.79. The SMILES string of the molecule is COc1c(-c2ccc(Cl)c(Cl)c2)ncnc1-c1nn[nH]n1. The lowest BCUT2D eigenvalue weighted by Gasteiger charge is -2.10. The van der Waals surface area contributed by atoms with E-state index in [2.05, 4.69) is 30.6 Å². The van der Waals surface area contributed by atoms with Crippen LogP contribution in [0.5, 0.6) is 5.75 Å². The van der Waals surface area contributed by atoms with E-state index in [1.165, 1.54) is 13.4 Å². The van der Waals surface area contributed by atoms with Crippen LogP contribution in [0.4, 0.5) is 0 Å². The molecule has 0 aliphatic rings. The predicted octanol–water partition coefficient (Wildman–Crippen LogP) is 2.64. The van der Waals surface area contributed by atoms with E-state index in [1.54, 1.807) is 18.2 Å². The lowest BCUT2D eigenvalue weighted by Crippen LogP contribution is -1.98. The largest absolute Gasteiger partial charge is 0.492 e. The second-order valence-electron chi connectivity index (χ2n) is 3.97. The number of halogens is 2. The molecule has 0 aliphatic carbocycles. The molecule has 21 heavy (non-hydrogen) atoms. The van der Waals surface area contributed by atoms with E-state index < -0.39 is 0 Å². The molecule has 0 spiro atoms. The first kappa shape index (κ1) is 13.7. The number of hydrogen-bond donors (Lipinski definition) is 1. The molecule has 0 atom stereocenters. The molecule has 0 unspecified atom stereocenters. The summed E-state index contributed by atoms with van der Waals surface area (Å²) in [5, 5.41) is 14.6. The van der Waals surface area contributed by atoms with Crippen LogP contribution in [0.1, 0.15) is 0 Å². The van der Waals surface area contributed by atoms with Crippen molar-refractivity contribution >= 4 is 23.2 Å². The number of aromatic amines is 1. The number of rotatable bonds is 3. The molecule has 0 radical (unpaired) electrons. The summed E-state index contributed by atoms with van der Waals surface area (Å²) in [6.45, 7) is 0. The molecule has 2 heterocycles. The molecule has 7 nitrogen and oxygen atoms in total. The van der Waals surface area contributed by atoms with E-state index in [9.17, 15) is 0 Å². The molecule has 1 aromatic carbocycles. The van der Waals surface area contributed by atoms with Gasteiger partial charge in [0.25, 0.3) is 0 Å². The molecule has 0 bridgehead atoms. The Balaban J connectivity index is 2.19. The van der Waals surface area contributed by atoms with Gasteiger partial charge in [-0.25, -0.2) is 9.97 Å². The fraction of sp³-hybridized carbons (Fsp3) is 0.0833. The molecule has 2 aromatic heterocycles. The smallest absolute Gasteiger partial charge is 0.226 e. The van der Waals surface area contributed by atoms with Gasteiger partial charge in [-0.2, -0.15) is 5.21 Å². The van der Waals surface area contributed by atoms with Gasteiger partial charge in [0.2, 0.25) is 5.82 Å². The molecule has 0 saturated carbocycles. The Morgan fingerprint density at radius 3 is 2.57 bits per heavy atom. The number of tetrazole rings is 1. The first-order valence-corrected chi connectivity index (χ1v) is 6.54. The topological polar surface area (TPSA) is 89.5 Å². The van der Waals surface area contributed by atoms with Crippen molar-refractivity contribution in [1.29, 1.82) is 0 Å². The molecule has 3 aromatic rings. The van der Waals surface area contributed by atoms with Crippen LogP contribution in [0, 0.1) is 0 Å². The molecule has 1 N–H and O–H groups in total. The third-order valence-electron chi connectivity index (χ3n) is 2.76. The Labute approximate surface area is 129 Å². The van der Waals surface area contributed by atoms with E-state index in [0.717, 1.165) is 5.56 Å². The number of nitrogens with zero attached hydrogens (tertiary/aromatic N) is 5. The van der Waals surface area contributed by atoms with Gasteiger partial charge >= 0.3 is 0 Å². The van der Waals surface area contributed by atoms with Crippen molar-refractivity contribution in [3.8, 4) is 28.5 Å². The van der Waals surface area contributed by atoms with Crippen LogP contribution in [-0.4, -0.2) is 37.7 Å². The van der Waals surface area contributed by atoms with Crippen LogP contribution in [0.15, 0.2) is 24.5 Å². The van der Waals surface area contributed by atoms with Gasteiger partial charge in [-0.15, -0.1) is 10.2 Å². The van der Waals surface area contributed by atoms with Crippen molar-refractivity contribution in [3.05, 3.63) is 34.6 Å². The summed E-state index contributed by atoms with van der Waals surface area (Å²) < 4.78 is 5.40. The maximum atomic E-state index is 6.04. The summed E-state index contributed by atoms with van der Waals surface area (Å²) >= 11 is 12.0. The maximum absolute atomic E-state index is 6.04. The Hall–Kier alpha value is -2.25. The van der Waals surface area contributed by atoms with Crippen LogP contribution in [0.2, 0.25) is 10.0 Å². The molecule has 0 amide bonds. The molecule has 0 fully saturated rings. The van der Waals surface area contributed by atoms with Crippen molar-refractivity contribution in [3.63, 3.8) is 0 Å². The highest BCUT2D eigenvalue weighted by molar-refractivity contribution is 6.42. The average molecular weight is 323 g/mol. The summed E-state index contributed by atoms with van der Waals surface area (Å²) in [7, 11) is 1.52. The summed E-state index contributed by atoms with van der Waals surface area (Å²) in [6.07, 6.45) is 1.39. The molecule has 3 rings (SSSR count). The van der Waals surface area contributed by atoms with Gasteiger partial charge in [-0.05, 0) is 17.3 Å². The number of methoxy groups -OCH3 is 1. The van der Waals surface area contributed by atoms with Gasteiger partial charge < -0.3 is 4.74 Å². The second-order valence-corrected chi connectivity index (χ2v) is 4.78. The van der Waals surface area contributed by atoms with Gasteiger partial charge in [0, 0.05) is 5.56 Å². The van der Waals surface area contributed by atoms with Crippen LogP contribution in [-0.2, 0) is 0 Å². The second kappa shape index (κ2) is 5.63. The van der Waals surface area contributed by atoms with Gasteiger partial charge in [0.15, 0.2) is 11.4 Å². The normalized spacial score (nSPS) is 10.6. The van der Waals surface area contributed by atoms with E-state index in [1.807, 2.05) is 0 Å². The number of aromatic nitrogens is 6. The van der Waals surface area contributed by atoms with Crippen LogP contribution < -0.4 is 4.74 Å². The fourth-order valence-electron chi connectivity index (χ4n) is 1.84. The van der Waals surface area contributed by atoms with Gasteiger partial charge in [-0.1, -0.05) is 29.3 Å². The van der Waals surface area contributed by atoms with Crippen LogP contribution in [0.25, 0.3) is 22.8 Å². The Morgan fingerprint density at radius 1 is 1.10 bits per heavy atom. The van der Waals surface area contributed by atoms with E-state index in [-0.39, 0.29) is 0 Å². The number of hydrogen-bond acceptors (Lipinski definition) is 6. The van der Waals surface area contributed by atoms with Gasteiger partial charge in [0.1, 0.15) is 12.0 Å².